The number of hydrogen-bond donors (Lipinski definition) is 2. The molecule has 4 aromatic rings. The summed E-state index contributed by atoms with van der Waals surface area (Å²) in [6, 6.07) is 21.3. The number of nitrogens with one attached hydrogen (secondary N) is 2. The van der Waals surface area contributed by atoms with Gasteiger partial charge >= 0.3 is 0 Å². The van der Waals surface area contributed by atoms with Crippen molar-refractivity contribution in [2.45, 2.75) is 26.2 Å². The fourth-order valence-electron chi connectivity index (χ4n) is 4.45. The van der Waals surface area contributed by atoms with Crippen molar-refractivity contribution in [2.75, 3.05) is 30.0 Å². The van der Waals surface area contributed by atoms with Gasteiger partial charge in [-0.2, -0.15) is 0 Å². The molecular weight excluding hydrogens is 454 g/mol. The Balaban J connectivity index is 1.19. The van der Waals surface area contributed by atoms with Gasteiger partial charge in [0.2, 0.25) is 5.91 Å². The number of H-pyrrole nitrogens is 1. The molecule has 3 aromatic carbocycles. The maximum absolute atomic E-state index is 12.8. The van der Waals surface area contributed by atoms with Crippen LogP contribution in [0.15, 0.2) is 72.9 Å². The third-order valence-corrected chi connectivity index (χ3v) is 6.25. The van der Waals surface area contributed by atoms with E-state index < -0.39 is 0 Å². The van der Waals surface area contributed by atoms with Gasteiger partial charge in [-0.1, -0.05) is 30.3 Å². The lowest BCUT2D eigenvalue weighted by Gasteiger charge is -2.30. The predicted molar refractivity (Wildman–Crippen MR) is 141 cm³/mol. The summed E-state index contributed by atoms with van der Waals surface area (Å²) in [5, 5.41) is 4.00. The number of nitrogens with zero attached hydrogens (tertiary/aromatic N) is 1. The van der Waals surface area contributed by atoms with Gasteiger partial charge in [-0.05, 0) is 67.3 Å². The van der Waals surface area contributed by atoms with Crippen LogP contribution in [0, 0.1) is 6.92 Å². The fraction of sp³-hybridized carbons (Fsp3) is 0.241. The van der Waals surface area contributed by atoms with E-state index in [4.69, 9.17) is 9.47 Å². The number of aromatic nitrogens is 1. The second-order valence-electron chi connectivity index (χ2n) is 8.97. The number of aryl methyl sites for hydroxylation is 1. The third-order valence-electron chi connectivity index (χ3n) is 6.25. The van der Waals surface area contributed by atoms with E-state index in [1.165, 1.54) is 0 Å². The lowest BCUT2D eigenvalue weighted by atomic mass is 10.1. The number of carbonyl (C=O) groups excluding carboxylic acids is 2. The minimum absolute atomic E-state index is 0.0130. The van der Waals surface area contributed by atoms with Gasteiger partial charge in [0.1, 0.15) is 11.5 Å². The molecule has 0 unspecified atom stereocenters. The fourth-order valence-corrected chi connectivity index (χ4v) is 4.45. The zero-order valence-electron chi connectivity index (χ0n) is 20.3. The number of ether oxygens (including phenoxy) is 2. The molecule has 7 heteroatoms. The molecule has 1 aliphatic rings. The van der Waals surface area contributed by atoms with Gasteiger partial charge in [0.15, 0.2) is 6.61 Å². The molecule has 2 N–H and O–H groups in total. The van der Waals surface area contributed by atoms with Crippen molar-refractivity contribution in [3.8, 4) is 11.5 Å². The maximum Gasteiger partial charge on any atom is 0.265 e. The number of hydrogen-bond acceptors (Lipinski definition) is 4. The highest BCUT2D eigenvalue weighted by Crippen LogP contribution is 2.35. The first-order chi connectivity index (χ1) is 17.6. The summed E-state index contributed by atoms with van der Waals surface area (Å²) in [6.45, 7) is 3.18. The Hall–Kier alpha value is -4.26. The van der Waals surface area contributed by atoms with Gasteiger partial charge in [-0.25, -0.2) is 0 Å². The summed E-state index contributed by atoms with van der Waals surface area (Å²) in [5.74, 6) is 1.28. The zero-order chi connectivity index (χ0) is 24.9. The summed E-state index contributed by atoms with van der Waals surface area (Å²) >= 11 is 0. The van der Waals surface area contributed by atoms with E-state index in [9.17, 15) is 9.59 Å². The van der Waals surface area contributed by atoms with Crippen molar-refractivity contribution in [1.82, 2.24) is 4.98 Å². The normalized spacial score (nSPS) is 12.8. The highest BCUT2D eigenvalue weighted by Gasteiger charge is 2.25. The van der Waals surface area contributed by atoms with Crippen LogP contribution in [-0.4, -0.2) is 36.6 Å². The average Bonchev–Trinajstić information content (AvgIpc) is 3.27. The molecule has 0 saturated carbocycles. The van der Waals surface area contributed by atoms with E-state index in [0.29, 0.717) is 30.3 Å². The Kier molecular flexibility index (Phi) is 6.89. The highest BCUT2D eigenvalue weighted by atomic mass is 16.5. The average molecular weight is 484 g/mol. The molecule has 7 nitrogen and oxygen atoms in total. The molecule has 0 spiro atoms. The van der Waals surface area contributed by atoms with Crippen LogP contribution >= 0.6 is 0 Å². The van der Waals surface area contributed by atoms with Crippen LogP contribution in [0.2, 0.25) is 0 Å². The Morgan fingerprint density at radius 2 is 1.97 bits per heavy atom. The van der Waals surface area contributed by atoms with Gasteiger partial charge in [-0.3, -0.25) is 9.59 Å². The predicted octanol–water partition coefficient (Wildman–Crippen LogP) is 5.24. The molecule has 0 fully saturated rings. The van der Waals surface area contributed by atoms with Crippen molar-refractivity contribution in [3.63, 3.8) is 0 Å². The zero-order valence-corrected chi connectivity index (χ0v) is 20.3. The topological polar surface area (TPSA) is 83.7 Å². The molecule has 5 rings (SSSR count). The molecule has 2 amide bonds. The van der Waals surface area contributed by atoms with Crippen LogP contribution in [0.3, 0.4) is 0 Å². The minimum atomic E-state index is -0.123. The number of aromatic amines is 1. The SMILES string of the molecule is Cc1cccc(OCCCCN2C(=O)COc3ccc(NC(=O)Cc4c[nH]c5ccccc45)cc32)c1. The minimum Gasteiger partial charge on any atom is -0.494 e. The molecule has 0 atom stereocenters. The van der Waals surface area contributed by atoms with Gasteiger partial charge in [0.25, 0.3) is 5.91 Å². The van der Waals surface area contributed by atoms with Gasteiger partial charge in [0.05, 0.1) is 18.7 Å². The molecule has 0 bridgehead atoms. The van der Waals surface area contributed by atoms with Crippen LogP contribution in [0.25, 0.3) is 10.9 Å². The van der Waals surface area contributed by atoms with Gasteiger partial charge in [0, 0.05) is 29.3 Å². The van der Waals surface area contributed by atoms with E-state index in [-0.39, 0.29) is 24.8 Å². The number of unbranched alkanes of at least 4 members (excludes halogenated alkanes) is 1. The summed E-state index contributed by atoms with van der Waals surface area (Å²) in [5.41, 5.74) is 4.41. The number of rotatable bonds is 9. The van der Waals surface area contributed by atoms with Crippen LogP contribution < -0.4 is 19.7 Å². The molecule has 36 heavy (non-hydrogen) atoms. The maximum atomic E-state index is 12.8. The molecule has 1 aromatic heterocycles. The lowest BCUT2D eigenvalue weighted by Crippen LogP contribution is -2.39. The number of anilines is 2. The first kappa shape index (κ1) is 23.5. The number of para-hydroxylation sites is 1. The Morgan fingerprint density at radius 3 is 2.86 bits per heavy atom. The molecular formula is C29H29N3O4. The van der Waals surface area contributed by atoms with Crippen LogP contribution in [0.1, 0.15) is 24.0 Å². The van der Waals surface area contributed by atoms with E-state index in [1.807, 2.05) is 67.7 Å². The number of benzene rings is 3. The Bertz CT molecular complexity index is 1390. The first-order valence-corrected chi connectivity index (χ1v) is 12.2. The van der Waals surface area contributed by atoms with Crippen molar-refractivity contribution in [3.05, 3.63) is 84.1 Å². The van der Waals surface area contributed by atoms with E-state index in [0.717, 1.165) is 40.6 Å². The van der Waals surface area contributed by atoms with Crippen LogP contribution in [0.4, 0.5) is 11.4 Å². The van der Waals surface area contributed by atoms with Crippen LogP contribution in [-0.2, 0) is 16.0 Å². The largest absolute Gasteiger partial charge is 0.494 e. The second-order valence-corrected chi connectivity index (χ2v) is 8.97. The van der Waals surface area contributed by atoms with Crippen molar-refractivity contribution < 1.29 is 19.1 Å². The second kappa shape index (κ2) is 10.6. The molecule has 0 saturated heterocycles. The summed E-state index contributed by atoms with van der Waals surface area (Å²) < 4.78 is 11.5. The number of amides is 2. The van der Waals surface area contributed by atoms with Crippen molar-refractivity contribution >= 4 is 34.1 Å². The summed E-state index contributed by atoms with van der Waals surface area (Å²) in [6.07, 6.45) is 3.72. The molecule has 2 heterocycles. The molecule has 1 aliphatic heterocycles. The quantitative estimate of drug-likeness (QED) is 0.319. The Labute approximate surface area is 210 Å². The molecule has 184 valence electrons. The number of carbonyl (C=O) groups is 2. The van der Waals surface area contributed by atoms with Crippen molar-refractivity contribution in [1.29, 1.82) is 0 Å². The van der Waals surface area contributed by atoms with E-state index in [2.05, 4.69) is 10.3 Å². The standard InChI is InChI=1S/C29H29N3O4/c1-20-7-6-8-23(15-20)35-14-5-4-13-32-26-17-22(11-12-27(26)36-19-29(32)34)31-28(33)16-21-18-30-25-10-3-2-9-24(21)25/h2-3,6-12,15,17-18,30H,4-5,13-14,16,19H2,1H3,(H,31,33). The monoisotopic (exact) mass is 483 g/mol. The van der Waals surface area contributed by atoms with Crippen LogP contribution in [0.5, 0.6) is 11.5 Å². The van der Waals surface area contributed by atoms with Crippen molar-refractivity contribution in [2.24, 2.45) is 0 Å². The van der Waals surface area contributed by atoms with Gasteiger partial charge < -0.3 is 24.7 Å². The summed E-state index contributed by atoms with van der Waals surface area (Å²) in [4.78, 5) is 30.3. The van der Waals surface area contributed by atoms with E-state index >= 15 is 0 Å². The molecule has 0 aliphatic carbocycles. The highest BCUT2D eigenvalue weighted by molar-refractivity contribution is 6.00. The number of fused-ring (bicyclic) bond motifs is 2. The smallest absolute Gasteiger partial charge is 0.265 e. The first-order valence-electron chi connectivity index (χ1n) is 12.2. The lowest BCUT2D eigenvalue weighted by molar-refractivity contribution is -0.121. The summed E-state index contributed by atoms with van der Waals surface area (Å²) in [7, 11) is 0. The van der Waals surface area contributed by atoms with Gasteiger partial charge in [-0.15, -0.1) is 0 Å². The van der Waals surface area contributed by atoms with E-state index in [1.54, 1.807) is 17.0 Å². The Morgan fingerprint density at radius 1 is 1.08 bits per heavy atom. The third kappa shape index (κ3) is 5.35. The molecule has 0 radical (unpaired) electrons.